The van der Waals surface area contributed by atoms with Crippen molar-refractivity contribution >= 4 is 21.5 Å². The van der Waals surface area contributed by atoms with Crippen LogP contribution in [0.1, 0.15) is 23.3 Å². The van der Waals surface area contributed by atoms with Crippen molar-refractivity contribution in [2.45, 2.75) is 25.8 Å². The highest BCUT2D eigenvalue weighted by Gasteiger charge is 2.35. The fourth-order valence-electron chi connectivity index (χ4n) is 3.27. The normalized spacial score (nSPS) is 24.9. The van der Waals surface area contributed by atoms with Gasteiger partial charge in [0.1, 0.15) is 0 Å². The second-order valence-electron chi connectivity index (χ2n) is 5.88. The van der Waals surface area contributed by atoms with Gasteiger partial charge in [-0.2, -0.15) is 17.0 Å². The predicted molar refractivity (Wildman–Crippen MR) is 85.6 cm³/mol. The number of nitrogens with zero attached hydrogens (tertiary/aromatic N) is 2. The number of fused-ring (bicyclic) bond motifs is 1. The molecule has 2 aliphatic heterocycles. The van der Waals surface area contributed by atoms with Crippen LogP contribution < -0.4 is 5.32 Å². The van der Waals surface area contributed by atoms with Gasteiger partial charge in [-0.25, -0.2) is 0 Å². The van der Waals surface area contributed by atoms with Crippen molar-refractivity contribution < 1.29 is 8.42 Å². The summed E-state index contributed by atoms with van der Waals surface area (Å²) in [5.74, 6) is 0.431. The van der Waals surface area contributed by atoms with Crippen LogP contribution in [0, 0.1) is 5.92 Å². The van der Waals surface area contributed by atoms with Crippen molar-refractivity contribution in [1.29, 1.82) is 0 Å². The van der Waals surface area contributed by atoms with E-state index in [1.807, 2.05) is 7.05 Å². The molecule has 0 aromatic carbocycles. The Labute approximate surface area is 131 Å². The Hall–Kier alpha value is -0.470. The lowest BCUT2D eigenvalue weighted by Gasteiger charge is -2.36. The first-order valence-electron chi connectivity index (χ1n) is 7.56. The van der Waals surface area contributed by atoms with Gasteiger partial charge in [-0.1, -0.05) is 0 Å². The number of piperidine rings is 1. The Morgan fingerprint density at radius 2 is 2.24 bits per heavy atom. The van der Waals surface area contributed by atoms with Crippen molar-refractivity contribution in [3.8, 4) is 0 Å². The first kappa shape index (κ1) is 15.4. The predicted octanol–water partition coefficient (Wildman–Crippen LogP) is 1.28. The molecule has 1 saturated heterocycles. The van der Waals surface area contributed by atoms with Crippen LogP contribution in [0.25, 0.3) is 0 Å². The number of thiophene rings is 1. The summed E-state index contributed by atoms with van der Waals surface area (Å²) in [7, 11) is -1.39. The Bertz CT molecular complexity index is 583. The van der Waals surface area contributed by atoms with Crippen LogP contribution in [0.5, 0.6) is 0 Å². The molecule has 0 bridgehead atoms. The minimum absolute atomic E-state index is 0.431. The molecule has 5 nitrogen and oxygen atoms in total. The van der Waals surface area contributed by atoms with Gasteiger partial charge in [-0.3, -0.25) is 0 Å². The lowest BCUT2D eigenvalue weighted by atomic mass is 10.00. The zero-order valence-electron chi connectivity index (χ0n) is 12.4. The molecule has 0 radical (unpaired) electrons. The van der Waals surface area contributed by atoms with E-state index in [2.05, 4.69) is 16.8 Å². The van der Waals surface area contributed by atoms with Gasteiger partial charge in [0.2, 0.25) is 0 Å². The summed E-state index contributed by atoms with van der Waals surface area (Å²) in [6.07, 6.45) is 2.92. The molecular weight excluding hydrogens is 306 g/mol. The first-order valence-corrected chi connectivity index (χ1v) is 9.84. The molecule has 7 heteroatoms. The highest BCUT2D eigenvalue weighted by atomic mass is 32.2. The minimum atomic E-state index is -3.31. The largest absolute Gasteiger partial charge is 0.319 e. The monoisotopic (exact) mass is 329 g/mol. The van der Waals surface area contributed by atoms with E-state index in [-0.39, 0.29) is 0 Å². The molecule has 1 fully saturated rings. The van der Waals surface area contributed by atoms with E-state index in [4.69, 9.17) is 0 Å². The molecule has 118 valence electrons. The Kier molecular flexibility index (Phi) is 4.66. The molecule has 1 aromatic heterocycles. The van der Waals surface area contributed by atoms with Crippen LogP contribution in [0.3, 0.4) is 0 Å². The maximum atomic E-state index is 12.9. The van der Waals surface area contributed by atoms with E-state index in [0.29, 0.717) is 32.1 Å². The van der Waals surface area contributed by atoms with Crippen molar-refractivity contribution in [3.63, 3.8) is 0 Å². The molecular formula is C14H23N3O2S2. The summed E-state index contributed by atoms with van der Waals surface area (Å²) in [5, 5.41) is 5.22. The molecule has 1 aromatic rings. The van der Waals surface area contributed by atoms with Crippen LogP contribution in [-0.4, -0.2) is 50.3 Å². The number of rotatable bonds is 4. The highest BCUT2D eigenvalue weighted by Crippen LogP contribution is 2.28. The third-order valence-electron chi connectivity index (χ3n) is 4.40. The van der Waals surface area contributed by atoms with Crippen molar-refractivity contribution in [2.24, 2.45) is 5.92 Å². The lowest BCUT2D eigenvalue weighted by molar-refractivity contribution is 0.241. The van der Waals surface area contributed by atoms with E-state index in [9.17, 15) is 8.42 Å². The van der Waals surface area contributed by atoms with Crippen LogP contribution >= 0.6 is 11.3 Å². The van der Waals surface area contributed by atoms with Gasteiger partial charge in [0.15, 0.2) is 0 Å². The first-order chi connectivity index (χ1) is 10.1. The van der Waals surface area contributed by atoms with Gasteiger partial charge < -0.3 is 5.32 Å². The molecule has 3 heterocycles. The summed E-state index contributed by atoms with van der Waals surface area (Å²) < 4.78 is 29.1. The molecule has 0 amide bonds. The van der Waals surface area contributed by atoms with Gasteiger partial charge in [0, 0.05) is 31.1 Å². The SMILES string of the molecule is CNCC1CCCN(S(=O)(=O)N2CCc3sccc3C2)C1. The molecule has 1 atom stereocenters. The maximum Gasteiger partial charge on any atom is 0.282 e. The summed E-state index contributed by atoms with van der Waals surface area (Å²) in [6.45, 7) is 3.35. The van der Waals surface area contributed by atoms with Crippen LogP contribution in [0.2, 0.25) is 0 Å². The molecule has 3 rings (SSSR count). The molecule has 1 N–H and O–H groups in total. The van der Waals surface area contributed by atoms with Gasteiger partial charge in [-0.05, 0) is 55.8 Å². The molecule has 2 aliphatic rings. The van der Waals surface area contributed by atoms with E-state index in [1.165, 1.54) is 10.4 Å². The van der Waals surface area contributed by atoms with Crippen LogP contribution in [0.15, 0.2) is 11.4 Å². The average Bonchev–Trinajstić information content (AvgIpc) is 2.95. The fraction of sp³-hybridized carbons (Fsp3) is 0.714. The number of hydrogen-bond donors (Lipinski definition) is 1. The Morgan fingerprint density at radius 1 is 1.38 bits per heavy atom. The fourth-order valence-corrected chi connectivity index (χ4v) is 5.87. The van der Waals surface area contributed by atoms with E-state index in [1.54, 1.807) is 19.9 Å². The number of nitrogens with one attached hydrogen (secondary N) is 1. The summed E-state index contributed by atoms with van der Waals surface area (Å²) in [5.41, 5.74) is 1.18. The quantitative estimate of drug-likeness (QED) is 0.905. The Balaban J connectivity index is 1.72. The Morgan fingerprint density at radius 3 is 3.05 bits per heavy atom. The summed E-state index contributed by atoms with van der Waals surface area (Å²) in [6, 6.07) is 2.06. The van der Waals surface area contributed by atoms with Gasteiger partial charge in [0.05, 0.1) is 0 Å². The van der Waals surface area contributed by atoms with Crippen molar-refractivity contribution in [2.75, 3.05) is 33.2 Å². The van der Waals surface area contributed by atoms with E-state index in [0.717, 1.165) is 25.8 Å². The topological polar surface area (TPSA) is 52.7 Å². The average molecular weight is 329 g/mol. The second kappa shape index (κ2) is 6.34. The smallest absolute Gasteiger partial charge is 0.282 e. The van der Waals surface area contributed by atoms with Gasteiger partial charge >= 0.3 is 0 Å². The minimum Gasteiger partial charge on any atom is -0.319 e. The zero-order valence-corrected chi connectivity index (χ0v) is 14.0. The molecule has 0 saturated carbocycles. The third-order valence-corrected chi connectivity index (χ3v) is 7.37. The van der Waals surface area contributed by atoms with Crippen molar-refractivity contribution in [1.82, 2.24) is 13.9 Å². The van der Waals surface area contributed by atoms with Crippen LogP contribution in [-0.2, 0) is 23.2 Å². The summed E-state index contributed by atoms with van der Waals surface area (Å²) in [4.78, 5) is 1.34. The zero-order chi connectivity index (χ0) is 14.9. The van der Waals surface area contributed by atoms with Gasteiger partial charge in [-0.15, -0.1) is 11.3 Å². The van der Waals surface area contributed by atoms with Crippen LogP contribution in [0.4, 0.5) is 0 Å². The van der Waals surface area contributed by atoms with Crippen molar-refractivity contribution in [3.05, 3.63) is 21.9 Å². The second-order valence-corrected chi connectivity index (χ2v) is 8.81. The van der Waals surface area contributed by atoms with E-state index >= 15 is 0 Å². The molecule has 0 aliphatic carbocycles. The highest BCUT2D eigenvalue weighted by molar-refractivity contribution is 7.86. The maximum absolute atomic E-state index is 12.9. The molecule has 21 heavy (non-hydrogen) atoms. The molecule has 0 spiro atoms. The molecule has 1 unspecified atom stereocenters. The lowest BCUT2D eigenvalue weighted by Crippen LogP contribution is -2.50. The van der Waals surface area contributed by atoms with Gasteiger partial charge in [0.25, 0.3) is 10.2 Å². The number of hydrogen-bond acceptors (Lipinski definition) is 4. The third kappa shape index (κ3) is 3.17. The standard InChI is InChI=1S/C14H23N3O2S2/c1-15-9-12-3-2-6-16(10-12)21(18,19)17-7-4-14-13(11-17)5-8-20-14/h5,8,12,15H,2-4,6-7,9-11H2,1H3. The van der Waals surface area contributed by atoms with E-state index < -0.39 is 10.2 Å². The summed E-state index contributed by atoms with van der Waals surface area (Å²) >= 11 is 1.74.